The van der Waals surface area contributed by atoms with Crippen molar-refractivity contribution in [1.82, 2.24) is 9.80 Å². The molecule has 0 unspecified atom stereocenters. The molecule has 112 valence electrons. The minimum absolute atomic E-state index is 0.353. The first-order valence-corrected chi connectivity index (χ1v) is 8.07. The smallest absolute Gasteiger partial charge is 0.0125 e. The van der Waals surface area contributed by atoms with Gasteiger partial charge < -0.3 is 4.90 Å². The lowest BCUT2D eigenvalue weighted by Crippen LogP contribution is -2.46. The van der Waals surface area contributed by atoms with Gasteiger partial charge in [-0.25, -0.2) is 0 Å². The van der Waals surface area contributed by atoms with Crippen LogP contribution in [0.5, 0.6) is 0 Å². The molecule has 0 bridgehead atoms. The molecule has 1 spiro atoms. The fraction of sp³-hybridized carbons (Fsp3) is 1.00. The molecule has 2 heteroatoms. The molecule has 2 heterocycles. The van der Waals surface area contributed by atoms with Crippen LogP contribution in [-0.4, -0.2) is 48.1 Å². The van der Waals surface area contributed by atoms with E-state index in [9.17, 15) is 0 Å². The van der Waals surface area contributed by atoms with Gasteiger partial charge in [-0.05, 0) is 70.5 Å². The van der Waals surface area contributed by atoms with E-state index < -0.39 is 0 Å². The van der Waals surface area contributed by atoms with Crippen LogP contribution < -0.4 is 0 Å². The molecule has 0 aromatic rings. The van der Waals surface area contributed by atoms with E-state index in [4.69, 9.17) is 0 Å². The van der Waals surface area contributed by atoms with Crippen molar-refractivity contribution in [2.45, 2.75) is 66.3 Å². The standard InChI is InChI=1S/C17H34N2/c1-15(2,3)13-18-10-7-17(8-11-18)9-12-19(14-17)16(4,5)6/h7-14H2,1-6H3. The van der Waals surface area contributed by atoms with Crippen molar-refractivity contribution in [3.8, 4) is 0 Å². The molecule has 2 nitrogen and oxygen atoms in total. The van der Waals surface area contributed by atoms with Gasteiger partial charge in [0.15, 0.2) is 0 Å². The van der Waals surface area contributed by atoms with Gasteiger partial charge in [-0.15, -0.1) is 0 Å². The van der Waals surface area contributed by atoms with Gasteiger partial charge in [0.1, 0.15) is 0 Å². The molecule has 19 heavy (non-hydrogen) atoms. The highest BCUT2D eigenvalue weighted by molar-refractivity contribution is 4.97. The molecule has 0 aliphatic carbocycles. The number of rotatable bonds is 1. The molecule has 0 aromatic heterocycles. The van der Waals surface area contributed by atoms with E-state index in [2.05, 4.69) is 51.3 Å². The molecule has 2 aliphatic heterocycles. The van der Waals surface area contributed by atoms with Gasteiger partial charge in [0, 0.05) is 18.6 Å². The topological polar surface area (TPSA) is 6.48 Å². The van der Waals surface area contributed by atoms with Crippen LogP contribution in [0.4, 0.5) is 0 Å². The number of likely N-dealkylation sites (tertiary alicyclic amines) is 2. The van der Waals surface area contributed by atoms with Gasteiger partial charge in [-0.3, -0.25) is 4.90 Å². The average molecular weight is 266 g/mol. The van der Waals surface area contributed by atoms with Gasteiger partial charge in [0.05, 0.1) is 0 Å². The van der Waals surface area contributed by atoms with E-state index in [0.29, 0.717) is 16.4 Å². The largest absolute Gasteiger partial charge is 0.303 e. The first-order valence-electron chi connectivity index (χ1n) is 8.07. The third-order valence-electron chi connectivity index (χ3n) is 5.00. The Morgan fingerprint density at radius 1 is 0.842 bits per heavy atom. The Morgan fingerprint density at radius 3 is 1.79 bits per heavy atom. The van der Waals surface area contributed by atoms with Crippen LogP contribution in [0.3, 0.4) is 0 Å². The SMILES string of the molecule is CC(C)(C)CN1CCC2(CC1)CCN(C(C)(C)C)C2. The van der Waals surface area contributed by atoms with E-state index in [1.807, 2.05) is 0 Å². The maximum Gasteiger partial charge on any atom is 0.0125 e. The van der Waals surface area contributed by atoms with E-state index in [1.54, 1.807) is 0 Å². The number of hydrogen-bond donors (Lipinski definition) is 0. The van der Waals surface area contributed by atoms with Crippen molar-refractivity contribution in [1.29, 1.82) is 0 Å². The minimum Gasteiger partial charge on any atom is -0.303 e. The molecule has 0 saturated carbocycles. The first kappa shape index (κ1) is 15.3. The van der Waals surface area contributed by atoms with Crippen molar-refractivity contribution >= 4 is 0 Å². The van der Waals surface area contributed by atoms with E-state index in [-0.39, 0.29) is 0 Å². The second-order valence-electron chi connectivity index (χ2n) is 9.18. The lowest BCUT2D eigenvalue weighted by atomic mass is 9.77. The summed E-state index contributed by atoms with van der Waals surface area (Å²) in [6, 6.07) is 0. The normalized spacial score (nSPS) is 26.2. The van der Waals surface area contributed by atoms with Gasteiger partial charge >= 0.3 is 0 Å². The molecular weight excluding hydrogens is 232 g/mol. The summed E-state index contributed by atoms with van der Waals surface area (Å²) < 4.78 is 0. The van der Waals surface area contributed by atoms with Gasteiger partial charge in [0.25, 0.3) is 0 Å². The van der Waals surface area contributed by atoms with Gasteiger partial charge in [-0.2, -0.15) is 0 Å². The van der Waals surface area contributed by atoms with Gasteiger partial charge in [-0.1, -0.05) is 20.8 Å². The Morgan fingerprint density at radius 2 is 1.37 bits per heavy atom. The molecule has 2 saturated heterocycles. The highest BCUT2D eigenvalue weighted by Gasteiger charge is 2.43. The van der Waals surface area contributed by atoms with Gasteiger partial charge in [0.2, 0.25) is 0 Å². The minimum atomic E-state index is 0.353. The summed E-state index contributed by atoms with van der Waals surface area (Å²) in [4.78, 5) is 5.39. The fourth-order valence-corrected chi connectivity index (χ4v) is 3.77. The fourth-order valence-electron chi connectivity index (χ4n) is 3.77. The Kier molecular flexibility index (Phi) is 4.06. The lowest BCUT2D eigenvalue weighted by molar-refractivity contribution is 0.0708. The van der Waals surface area contributed by atoms with Crippen molar-refractivity contribution in [3.63, 3.8) is 0 Å². The van der Waals surface area contributed by atoms with Crippen LogP contribution in [0.1, 0.15) is 60.8 Å². The highest BCUT2D eigenvalue weighted by atomic mass is 15.2. The highest BCUT2D eigenvalue weighted by Crippen LogP contribution is 2.42. The van der Waals surface area contributed by atoms with Crippen LogP contribution in [0.15, 0.2) is 0 Å². The van der Waals surface area contributed by atoms with Crippen LogP contribution in [0.2, 0.25) is 0 Å². The summed E-state index contributed by atoms with van der Waals surface area (Å²) in [5.41, 5.74) is 1.44. The van der Waals surface area contributed by atoms with Crippen molar-refractivity contribution in [2.24, 2.45) is 10.8 Å². The molecule has 0 amide bonds. The van der Waals surface area contributed by atoms with Crippen molar-refractivity contribution in [2.75, 3.05) is 32.7 Å². The summed E-state index contributed by atoms with van der Waals surface area (Å²) in [5, 5.41) is 0. The Bertz CT molecular complexity index is 300. The lowest BCUT2D eigenvalue weighted by Gasteiger charge is -2.42. The Balaban J connectivity index is 1.87. The monoisotopic (exact) mass is 266 g/mol. The predicted octanol–water partition coefficient (Wildman–Crippen LogP) is 3.62. The number of nitrogens with zero attached hydrogens (tertiary/aromatic N) is 2. The van der Waals surface area contributed by atoms with E-state index in [1.165, 1.54) is 52.0 Å². The first-order chi connectivity index (χ1) is 8.60. The Labute approximate surface area is 120 Å². The maximum atomic E-state index is 2.70. The zero-order valence-electron chi connectivity index (χ0n) is 14.1. The number of hydrogen-bond acceptors (Lipinski definition) is 2. The van der Waals surface area contributed by atoms with Crippen LogP contribution in [-0.2, 0) is 0 Å². The van der Waals surface area contributed by atoms with E-state index >= 15 is 0 Å². The molecule has 0 radical (unpaired) electrons. The van der Waals surface area contributed by atoms with Crippen molar-refractivity contribution in [3.05, 3.63) is 0 Å². The third-order valence-corrected chi connectivity index (χ3v) is 5.00. The Hall–Kier alpha value is -0.0800. The van der Waals surface area contributed by atoms with Crippen LogP contribution in [0.25, 0.3) is 0 Å². The zero-order valence-corrected chi connectivity index (χ0v) is 14.1. The maximum absolute atomic E-state index is 2.70. The molecule has 0 aromatic carbocycles. The third kappa shape index (κ3) is 3.95. The molecule has 2 fully saturated rings. The zero-order chi connectivity index (χ0) is 14.3. The molecule has 2 aliphatic rings. The van der Waals surface area contributed by atoms with E-state index in [0.717, 1.165) is 0 Å². The quantitative estimate of drug-likeness (QED) is 0.715. The predicted molar refractivity (Wildman–Crippen MR) is 83.5 cm³/mol. The van der Waals surface area contributed by atoms with Crippen molar-refractivity contribution < 1.29 is 0 Å². The summed E-state index contributed by atoms with van der Waals surface area (Å²) in [7, 11) is 0. The molecule has 0 N–H and O–H groups in total. The van der Waals surface area contributed by atoms with Crippen LogP contribution in [0, 0.1) is 10.8 Å². The number of piperidine rings is 1. The molecule has 0 atom stereocenters. The summed E-state index contributed by atoms with van der Waals surface area (Å²) in [6.45, 7) is 20.7. The summed E-state index contributed by atoms with van der Waals surface area (Å²) in [5.74, 6) is 0. The van der Waals surface area contributed by atoms with Crippen LogP contribution >= 0.6 is 0 Å². The second kappa shape index (κ2) is 5.04. The summed E-state index contributed by atoms with van der Waals surface area (Å²) >= 11 is 0. The second-order valence-corrected chi connectivity index (χ2v) is 9.18. The molecular formula is C17H34N2. The molecule has 2 rings (SSSR count). The average Bonchev–Trinajstić information content (AvgIpc) is 2.64. The summed E-state index contributed by atoms with van der Waals surface area (Å²) in [6.07, 6.45) is 4.25.